The Hall–Kier alpha value is -0.440. The Bertz CT molecular complexity index is 127. The van der Waals surface area contributed by atoms with Gasteiger partial charge in [0.25, 0.3) is 0 Å². The molecular formula is C9H20ClNO2. The predicted octanol–water partition coefficient (Wildman–Crippen LogP) is 3.06. The normalized spacial score (nSPS) is 13.8. The molecule has 3 nitrogen and oxygen atoms in total. The number of nitrogens with two attached hydrogens (primary N) is 1. The summed E-state index contributed by atoms with van der Waals surface area (Å²) < 4.78 is 0. The van der Waals surface area contributed by atoms with Gasteiger partial charge in [-0.25, -0.2) is 4.79 Å². The van der Waals surface area contributed by atoms with Gasteiger partial charge in [0.05, 0.1) is 0 Å². The quantitative estimate of drug-likeness (QED) is 0.699. The molecule has 0 aromatic carbocycles. The highest BCUT2D eigenvalue weighted by Crippen LogP contribution is 2.18. The van der Waals surface area contributed by atoms with Crippen LogP contribution in [0.3, 0.4) is 0 Å². The van der Waals surface area contributed by atoms with Crippen LogP contribution in [0, 0.1) is 5.92 Å². The van der Waals surface area contributed by atoms with E-state index in [9.17, 15) is 0 Å². The van der Waals surface area contributed by atoms with Crippen LogP contribution in [-0.2, 0) is 0 Å². The van der Waals surface area contributed by atoms with Crippen LogP contribution in [0.1, 0.15) is 40.0 Å². The minimum atomic E-state index is -1.33. The summed E-state index contributed by atoms with van der Waals surface area (Å²) in [7, 11) is 0. The number of carboxylic acid groups (broad SMARTS) is 1. The average Bonchev–Trinajstić information content (AvgIpc) is 2.02. The van der Waals surface area contributed by atoms with Gasteiger partial charge in [-0.15, -0.1) is 11.6 Å². The molecule has 0 aliphatic heterocycles. The lowest BCUT2D eigenvalue weighted by Gasteiger charge is -2.14. The molecule has 0 aromatic heterocycles. The summed E-state index contributed by atoms with van der Waals surface area (Å²) in [4.78, 5) is 8.78. The van der Waals surface area contributed by atoms with Crippen molar-refractivity contribution in [1.82, 2.24) is 0 Å². The van der Waals surface area contributed by atoms with E-state index in [4.69, 9.17) is 21.5 Å². The van der Waals surface area contributed by atoms with Gasteiger partial charge < -0.3 is 10.8 Å². The Morgan fingerprint density at radius 1 is 1.54 bits per heavy atom. The molecule has 2 atom stereocenters. The van der Waals surface area contributed by atoms with E-state index in [1.54, 1.807) is 0 Å². The lowest BCUT2D eigenvalue weighted by molar-refractivity contribution is 0.205. The van der Waals surface area contributed by atoms with Gasteiger partial charge in [0.1, 0.15) is 0 Å². The highest BCUT2D eigenvalue weighted by Gasteiger charge is 2.09. The summed E-state index contributed by atoms with van der Waals surface area (Å²) in [5.74, 6) is 0.687. The third kappa shape index (κ3) is 14.4. The van der Waals surface area contributed by atoms with Crippen molar-refractivity contribution >= 4 is 17.7 Å². The summed E-state index contributed by atoms with van der Waals surface area (Å²) >= 11 is 6.03. The fourth-order valence-electron chi connectivity index (χ4n) is 0.816. The van der Waals surface area contributed by atoms with E-state index in [-0.39, 0.29) is 0 Å². The zero-order chi connectivity index (χ0) is 10.9. The van der Waals surface area contributed by atoms with Crippen molar-refractivity contribution < 1.29 is 9.90 Å². The molecule has 0 aliphatic carbocycles. The third-order valence-corrected chi connectivity index (χ3v) is 2.47. The number of amides is 1. The van der Waals surface area contributed by atoms with Crippen molar-refractivity contribution in [3.63, 3.8) is 0 Å². The van der Waals surface area contributed by atoms with Crippen LogP contribution in [0.25, 0.3) is 0 Å². The Balaban J connectivity index is 0. The Kier molecular flexibility index (Phi) is 11.2. The van der Waals surface area contributed by atoms with E-state index in [1.165, 1.54) is 12.8 Å². The number of hydrogen-bond donors (Lipinski definition) is 2. The molecule has 0 heterocycles. The number of hydrogen-bond acceptors (Lipinski definition) is 1. The fourth-order valence-corrected chi connectivity index (χ4v) is 1.21. The molecule has 2 unspecified atom stereocenters. The first-order valence-corrected chi connectivity index (χ1v) is 5.01. The lowest BCUT2D eigenvalue weighted by atomic mass is 10.0. The van der Waals surface area contributed by atoms with E-state index >= 15 is 0 Å². The molecule has 13 heavy (non-hydrogen) atoms. The van der Waals surface area contributed by atoms with Crippen LogP contribution in [-0.4, -0.2) is 16.6 Å². The fraction of sp³-hybridized carbons (Fsp3) is 0.889. The van der Waals surface area contributed by atoms with Gasteiger partial charge in [-0.1, -0.05) is 33.6 Å². The van der Waals surface area contributed by atoms with Crippen LogP contribution < -0.4 is 5.73 Å². The van der Waals surface area contributed by atoms with Crippen LogP contribution >= 0.6 is 11.6 Å². The minimum absolute atomic E-state index is 0.403. The largest absolute Gasteiger partial charge is 0.465 e. The van der Waals surface area contributed by atoms with E-state index in [0.29, 0.717) is 11.3 Å². The molecule has 0 saturated heterocycles. The van der Waals surface area contributed by atoms with Crippen molar-refractivity contribution in [2.24, 2.45) is 11.7 Å². The molecule has 4 heteroatoms. The van der Waals surface area contributed by atoms with Gasteiger partial charge in [0.15, 0.2) is 0 Å². The van der Waals surface area contributed by atoms with Gasteiger partial charge in [0.2, 0.25) is 0 Å². The van der Waals surface area contributed by atoms with E-state index in [1.807, 2.05) is 0 Å². The maximum absolute atomic E-state index is 8.78. The second-order valence-corrected chi connectivity index (χ2v) is 3.59. The number of primary amides is 1. The van der Waals surface area contributed by atoms with Gasteiger partial charge >= 0.3 is 6.09 Å². The average molecular weight is 210 g/mol. The molecule has 0 spiro atoms. The first-order chi connectivity index (χ1) is 5.95. The Morgan fingerprint density at radius 3 is 2.15 bits per heavy atom. The van der Waals surface area contributed by atoms with Gasteiger partial charge in [-0.2, -0.15) is 0 Å². The minimum Gasteiger partial charge on any atom is -0.465 e. The molecule has 1 amide bonds. The van der Waals surface area contributed by atoms with Crippen LogP contribution in [0.4, 0.5) is 4.79 Å². The number of rotatable bonds is 4. The standard InChI is InChI=1S/C8H17Cl.CH3NO2/c1-4-6-8(9)7(3)5-2;2-1(3)4/h7-8H,4-6H2,1-3H3;2H2,(H,3,4). The maximum atomic E-state index is 8.78. The van der Waals surface area contributed by atoms with E-state index in [0.717, 1.165) is 6.42 Å². The first kappa shape index (κ1) is 15.1. The van der Waals surface area contributed by atoms with Crippen LogP contribution in [0.5, 0.6) is 0 Å². The van der Waals surface area contributed by atoms with Crippen molar-refractivity contribution in [1.29, 1.82) is 0 Å². The zero-order valence-electron chi connectivity index (χ0n) is 8.59. The molecule has 80 valence electrons. The molecule has 0 saturated carbocycles. The summed E-state index contributed by atoms with van der Waals surface area (Å²) in [6.45, 7) is 6.58. The molecule has 0 aliphatic rings. The SMILES string of the molecule is CCCC(Cl)C(C)CC.NC(=O)O. The van der Waals surface area contributed by atoms with Crippen molar-refractivity contribution in [2.45, 2.75) is 45.4 Å². The smallest absolute Gasteiger partial charge is 0.402 e. The summed E-state index contributed by atoms with van der Waals surface area (Å²) in [5.41, 5.74) is 4.03. The van der Waals surface area contributed by atoms with Gasteiger partial charge in [0, 0.05) is 5.38 Å². The Labute approximate surface area is 85.3 Å². The van der Waals surface area contributed by atoms with Gasteiger partial charge in [-0.3, -0.25) is 0 Å². The summed E-state index contributed by atoms with van der Waals surface area (Å²) in [6.07, 6.45) is 2.24. The number of alkyl halides is 1. The molecule has 0 aromatic rings. The molecular weight excluding hydrogens is 190 g/mol. The highest BCUT2D eigenvalue weighted by molar-refractivity contribution is 6.20. The van der Waals surface area contributed by atoms with Crippen molar-refractivity contribution in [3.05, 3.63) is 0 Å². The van der Waals surface area contributed by atoms with Crippen LogP contribution in [0.15, 0.2) is 0 Å². The Morgan fingerprint density at radius 2 is 1.92 bits per heavy atom. The summed E-state index contributed by atoms with van der Waals surface area (Å²) in [6, 6.07) is 0. The van der Waals surface area contributed by atoms with E-state index in [2.05, 4.69) is 26.5 Å². The second-order valence-electron chi connectivity index (χ2n) is 3.03. The molecule has 0 radical (unpaired) electrons. The highest BCUT2D eigenvalue weighted by atomic mass is 35.5. The summed E-state index contributed by atoms with van der Waals surface area (Å²) in [5, 5.41) is 7.60. The molecule has 0 bridgehead atoms. The number of halogens is 1. The molecule has 3 N–H and O–H groups in total. The van der Waals surface area contributed by atoms with Crippen molar-refractivity contribution in [3.8, 4) is 0 Å². The number of carbonyl (C=O) groups is 1. The van der Waals surface area contributed by atoms with Gasteiger partial charge in [-0.05, 0) is 12.3 Å². The second kappa shape index (κ2) is 9.65. The molecule has 0 fully saturated rings. The van der Waals surface area contributed by atoms with E-state index < -0.39 is 6.09 Å². The molecule has 0 rings (SSSR count). The zero-order valence-corrected chi connectivity index (χ0v) is 9.34. The van der Waals surface area contributed by atoms with Crippen LogP contribution in [0.2, 0.25) is 0 Å². The third-order valence-electron chi connectivity index (χ3n) is 1.83. The predicted molar refractivity (Wildman–Crippen MR) is 56.2 cm³/mol. The lowest BCUT2D eigenvalue weighted by Crippen LogP contribution is -2.09. The monoisotopic (exact) mass is 209 g/mol. The van der Waals surface area contributed by atoms with Crippen molar-refractivity contribution in [2.75, 3.05) is 0 Å². The maximum Gasteiger partial charge on any atom is 0.402 e. The topological polar surface area (TPSA) is 63.3 Å². The first-order valence-electron chi connectivity index (χ1n) is 4.58.